The molecule has 0 saturated carbocycles. The highest BCUT2D eigenvalue weighted by atomic mass is 19.1. The number of imide groups is 3. The van der Waals surface area contributed by atoms with Gasteiger partial charge in [0.2, 0.25) is 11.8 Å². The van der Waals surface area contributed by atoms with Crippen LogP contribution in [-0.2, 0) is 19.1 Å². The van der Waals surface area contributed by atoms with Gasteiger partial charge in [-0.25, -0.2) is 9.18 Å². The Balaban J connectivity index is 1.51. The molecule has 0 spiro atoms. The maximum absolute atomic E-state index is 13.6. The Morgan fingerprint density at radius 3 is 2.73 bits per heavy atom. The van der Waals surface area contributed by atoms with E-state index in [1.165, 1.54) is 12.1 Å². The molecule has 4 rings (SSSR count). The Morgan fingerprint density at radius 1 is 1.30 bits per heavy atom. The number of hydrogen-bond donors (Lipinski definition) is 1. The van der Waals surface area contributed by atoms with Gasteiger partial charge < -0.3 is 14.6 Å². The van der Waals surface area contributed by atoms with Crippen molar-refractivity contribution in [2.24, 2.45) is 17.8 Å². The van der Waals surface area contributed by atoms with Crippen LogP contribution in [0.1, 0.15) is 45.1 Å². The molecule has 4 atom stereocenters. The maximum Gasteiger partial charge on any atom is 0.423 e. The van der Waals surface area contributed by atoms with Gasteiger partial charge in [0, 0.05) is 5.92 Å². The molecular weight excluding hydrogens is 429 g/mol. The van der Waals surface area contributed by atoms with Gasteiger partial charge in [0.15, 0.2) is 11.6 Å². The van der Waals surface area contributed by atoms with Gasteiger partial charge in [-0.3, -0.25) is 9.59 Å². The molecule has 176 valence electrons. The van der Waals surface area contributed by atoms with Gasteiger partial charge in [0.05, 0.1) is 31.7 Å². The summed E-state index contributed by atoms with van der Waals surface area (Å²) in [4.78, 5) is 38.5. The van der Waals surface area contributed by atoms with Crippen LogP contribution >= 0.6 is 0 Å². The summed E-state index contributed by atoms with van der Waals surface area (Å²) in [5, 5.41) is 9.35. The van der Waals surface area contributed by atoms with Crippen LogP contribution in [0, 0.1) is 23.6 Å². The second-order valence-electron chi connectivity index (χ2n) is 8.90. The Morgan fingerprint density at radius 2 is 2.06 bits per heavy atom. The number of benzene rings is 1. The van der Waals surface area contributed by atoms with Crippen LogP contribution in [0.15, 0.2) is 34.9 Å². The number of aromatic hydroxyl groups is 1. The van der Waals surface area contributed by atoms with Crippen molar-refractivity contribution in [1.29, 1.82) is 0 Å². The van der Waals surface area contributed by atoms with Crippen LogP contribution in [0.3, 0.4) is 0 Å². The average molecular weight is 457 g/mol. The van der Waals surface area contributed by atoms with Crippen molar-refractivity contribution >= 4 is 24.0 Å². The quantitative estimate of drug-likeness (QED) is 0.526. The van der Waals surface area contributed by atoms with Crippen molar-refractivity contribution in [1.82, 2.24) is 4.90 Å². The summed E-state index contributed by atoms with van der Waals surface area (Å²) in [7, 11) is 1.16. The number of hydrogen-bond acceptors (Lipinski definition) is 6. The summed E-state index contributed by atoms with van der Waals surface area (Å²) in [6.45, 7) is 4.32. The third-order valence-electron chi connectivity index (χ3n) is 6.98. The van der Waals surface area contributed by atoms with Gasteiger partial charge in [-0.1, -0.05) is 30.2 Å². The lowest BCUT2D eigenvalue weighted by Crippen LogP contribution is -2.38. The number of nitrogens with zero attached hydrogens (tertiary/aromatic N) is 1. The predicted octanol–water partition coefficient (Wildman–Crippen LogP) is 4.21. The van der Waals surface area contributed by atoms with Crippen molar-refractivity contribution in [2.75, 3.05) is 13.7 Å². The van der Waals surface area contributed by atoms with Crippen LogP contribution in [-0.4, -0.2) is 47.7 Å². The number of allylic oxidation sites excluding steroid dienone is 2. The van der Waals surface area contributed by atoms with Crippen LogP contribution in [0.2, 0.25) is 0 Å². The largest absolute Gasteiger partial charge is 0.505 e. The highest BCUT2D eigenvalue weighted by Crippen LogP contribution is 2.50. The van der Waals surface area contributed by atoms with E-state index in [9.17, 15) is 23.9 Å². The summed E-state index contributed by atoms with van der Waals surface area (Å²) in [6, 6.07) is 4.27. The van der Waals surface area contributed by atoms with Crippen molar-refractivity contribution in [2.45, 2.75) is 45.6 Å². The summed E-state index contributed by atoms with van der Waals surface area (Å²) in [6.07, 6.45) is 3.37. The van der Waals surface area contributed by atoms with E-state index in [0.29, 0.717) is 36.3 Å². The minimum absolute atomic E-state index is 0.166. The maximum atomic E-state index is 13.6. The first-order chi connectivity index (χ1) is 15.8. The number of methoxy groups -OCH3 is 1. The first-order valence-electron chi connectivity index (χ1n) is 11.2. The normalized spacial score (nSPS) is 27.2. The van der Waals surface area contributed by atoms with Gasteiger partial charge in [-0.05, 0) is 55.9 Å². The molecule has 0 bridgehead atoms. The zero-order valence-electron chi connectivity index (χ0n) is 19.0. The number of likely N-dealkylation sites (tertiary alicyclic amines) is 1. The molecule has 2 aliphatic heterocycles. The summed E-state index contributed by atoms with van der Waals surface area (Å²) in [5.74, 6) is -3.38. The first kappa shape index (κ1) is 23.2. The third-order valence-corrected chi connectivity index (χ3v) is 6.98. The zero-order valence-corrected chi connectivity index (χ0v) is 19.0. The zero-order chi connectivity index (χ0) is 23.9. The minimum Gasteiger partial charge on any atom is -0.505 e. The molecular formula is C25H28FNO6. The molecule has 2 heterocycles. The van der Waals surface area contributed by atoms with Crippen LogP contribution in [0.5, 0.6) is 5.75 Å². The number of rotatable bonds is 5. The van der Waals surface area contributed by atoms with E-state index < -0.39 is 35.6 Å². The number of halogens is 1. The highest BCUT2D eigenvalue weighted by molar-refractivity contribution is 6.16. The lowest BCUT2D eigenvalue weighted by atomic mass is 9.69. The van der Waals surface area contributed by atoms with Crippen LogP contribution in [0.25, 0.3) is 6.08 Å². The lowest BCUT2D eigenvalue weighted by Gasteiger charge is -2.31. The molecule has 33 heavy (non-hydrogen) atoms. The Bertz CT molecular complexity index is 1060. The van der Waals surface area contributed by atoms with E-state index in [4.69, 9.17) is 4.74 Å². The van der Waals surface area contributed by atoms with Gasteiger partial charge in [0.1, 0.15) is 0 Å². The number of carbonyl (C=O) groups excluding carboxylic acids is 3. The highest BCUT2D eigenvalue weighted by Gasteiger charge is 2.58. The minimum atomic E-state index is -0.930. The molecule has 0 unspecified atom stereocenters. The molecule has 8 heteroatoms. The molecule has 0 aromatic heterocycles. The van der Waals surface area contributed by atoms with Crippen LogP contribution < -0.4 is 0 Å². The molecule has 7 nitrogen and oxygen atoms in total. The Kier molecular flexibility index (Phi) is 6.38. The van der Waals surface area contributed by atoms with E-state index >= 15 is 0 Å². The average Bonchev–Trinajstić information content (AvgIpc) is 3.32. The molecule has 1 aromatic carbocycles. The van der Waals surface area contributed by atoms with Gasteiger partial charge in [-0.2, -0.15) is 4.90 Å². The number of carbonyl (C=O) groups is 3. The summed E-state index contributed by atoms with van der Waals surface area (Å²) in [5.41, 5.74) is 3.91. The second kappa shape index (κ2) is 9.09. The van der Waals surface area contributed by atoms with E-state index in [-0.39, 0.29) is 17.8 Å². The topological polar surface area (TPSA) is 93.1 Å². The number of amides is 3. The van der Waals surface area contributed by atoms with Crippen molar-refractivity contribution in [3.63, 3.8) is 0 Å². The molecule has 3 amide bonds. The molecule has 2 saturated heterocycles. The third kappa shape index (κ3) is 4.08. The summed E-state index contributed by atoms with van der Waals surface area (Å²) >= 11 is 0. The number of fused-ring (bicyclic) bond motifs is 3. The molecule has 1 N–H and O–H groups in total. The smallest absolute Gasteiger partial charge is 0.423 e. The number of phenols is 1. The van der Waals surface area contributed by atoms with Crippen molar-refractivity contribution in [3.8, 4) is 5.75 Å². The van der Waals surface area contributed by atoms with Gasteiger partial charge in [0.25, 0.3) is 0 Å². The van der Waals surface area contributed by atoms with Crippen molar-refractivity contribution < 1.29 is 33.4 Å². The van der Waals surface area contributed by atoms with E-state index in [0.717, 1.165) is 30.2 Å². The van der Waals surface area contributed by atoms with E-state index in [2.05, 4.69) is 4.74 Å². The molecule has 1 aromatic rings. The molecule has 1 aliphatic carbocycles. The SMILES string of the molecule is CCC1=C2[C@@H](CC/C(C)=C/c3ccc(O)c(F)c3)OC[C@@H]2[C@@H]2C(=O)N(C(=O)OC)C(=O)[C@@H]2C1. The number of ether oxygens (including phenoxy) is 2. The van der Waals surface area contributed by atoms with Crippen LogP contribution in [0.4, 0.5) is 9.18 Å². The second-order valence-corrected chi connectivity index (χ2v) is 8.90. The fourth-order valence-corrected chi connectivity index (χ4v) is 5.41. The van der Waals surface area contributed by atoms with E-state index in [1.807, 2.05) is 19.9 Å². The number of phenolic OH excluding ortho intramolecular Hbond substituents is 1. The lowest BCUT2D eigenvalue weighted by molar-refractivity contribution is -0.137. The monoisotopic (exact) mass is 457 g/mol. The van der Waals surface area contributed by atoms with Gasteiger partial charge in [-0.15, -0.1) is 0 Å². The Hall–Kier alpha value is -3.00. The van der Waals surface area contributed by atoms with Crippen molar-refractivity contribution in [3.05, 3.63) is 46.3 Å². The fourth-order valence-electron chi connectivity index (χ4n) is 5.41. The first-order valence-corrected chi connectivity index (χ1v) is 11.2. The Labute approximate surface area is 191 Å². The van der Waals surface area contributed by atoms with Gasteiger partial charge >= 0.3 is 6.09 Å². The fraction of sp³-hybridized carbons (Fsp3) is 0.480. The molecule has 0 radical (unpaired) electrons. The predicted molar refractivity (Wildman–Crippen MR) is 117 cm³/mol. The summed E-state index contributed by atoms with van der Waals surface area (Å²) < 4.78 is 24.4. The van der Waals surface area contributed by atoms with E-state index in [1.54, 1.807) is 6.07 Å². The molecule has 2 fully saturated rings. The standard InChI is InChI=1S/C25H28FNO6/c1-4-15-11-16-22(24(30)27(23(16)29)25(31)32-3)17-12-33-20(21(15)17)8-5-13(2)9-14-6-7-19(28)18(26)10-14/h6-7,9-10,16-17,20,22,28H,4-5,8,11-12H2,1-3H3/b13-9+/t16-,17+,20-,22-/m1/s1. The molecule has 3 aliphatic rings.